The van der Waals surface area contributed by atoms with Gasteiger partial charge in [0, 0.05) is 30.5 Å². The van der Waals surface area contributed by atoms with E-state index in [0.29, 0.717) is 48.1 Å². The van der Waals surface area contributed by atoms with Gasteiger partial charge in [0.1, 0.15) is 17.3 Å². The largest absolute Gasteiger partial charge is 0.497 e. The molecular formula is C30H30N2O6. The Morgan fingerprint density at radius 3 is 2.55 bits per heavy atom. The minimum Gasteiger partial charge on any atom is -0.497 e. The Balaban J connectivity index is 1.43. The van der Waals surface area contributed by atoms with Crippen LogP contribution in [0.3, 0.4) is 0 Å². The summed E-state index contributed by atoms with van der Waals surface area (Å²) >= 11 is 0. The molecule has 38 heavy (non-hydrogen) atoms. The topological polar surface area (TPSA) is 111 Å². The van der Waals surface area contributed by atoms with E-state index in [4.69, 9.17) is 19.0 Å². The van der Waals surface area contributed by atoms with Crippen LogP contribution in [0.1, 0.15) is 39.4 Å². The maximum Gasteiger partial charge on any atom is 0.303 e. The molecule has 0 aliphatic rings. The van der Waals surface area contributed by atoms with E-state index in [1.54, 1.807) is 25.3 Å². The number of nitrogens with one attached hydrogen (secondary N) is 1. The van der Waals surface area contributed by atoms with Crippen LogP contribution >= 0.6 is 0 Å². The summed E-state index contributed by atoms with van der Waals surface area (Å²) in [6, 6.07) is 22.3. The third-order valence-electron chi connectivity index (χ3n) is 6.04. The number of aromatic nitrogens is 1. The Morgan fingerprint density at radius 2 is 1.79 bits per heavy atom. The highest BCUT2D eigenvalue weighted by molar-refractivity contribution is 5.96. The molecule has 0 aliphatic carbocycles. The van der Waals surface area contributed by atoms with Gasteiger partial charge in [-0.25, -0.2) is 4.98 Å². The number of aliphatic carboxylic acids is 1. The summed E-state index contributed by atoms with van der Waals surface area (Å²) in [6.45, 7) is 2.51. The number of ether oxygens (including phenoxy) is 2. The molecule has 0 unspecified atom stereocenters. The standard InChI is InChI=1S/C30H30N2O6/c1-20-27(32-30(38-20)23-8-4-3-5-9-23)15-16-37-25-13-11-22(12-14-28(33)34)26(18-25)29(35)31-19-21-7-6-10-24(17-21)36-2/h3-11,13,17-18H,12,14-16,19H2,1-2H3,(H,31,35)(H,33,34). The van der Waals surface area contributed by atoms with Crippen molar-refractivity contribution in [1.82, 2.24) is 10.3 Å². The zero-order valence-corrected chi connectivity index (χ0v) is 21.4. The van der Waals surface area contributed by atoms with E-state index in [1.165, 1.54) is 0 Å². The van der Waals surface area contributed by atoms with E-state index >= 15 is 0 Å². The highest BCUT2D eigenvalue weighted by Crippen LogP contribution is 2.23. The first kappa shape index (κ1) is 26.5. The number of carboxylic acid groups (broad SMARTS) is 1. The number of carbonyl (C=O) groups is 2. The molecule has 0 saturated carbocycles. The van der Waals surface area contributed by atoms with E-state index in [0.717, 1.165) is 22.6 Å². The summed E-state index contributed by atoms with van der Waals surface area (Å²) in [7, 11) is 1.59. The van der Waals surface area contributed by atoms with Crippen LogP contribution in [0, 0.1) is 6.92 Å². The smallest absolute Gasteiger partial charge is 0.303 e. The van der Waals surface area contributed by atoms with Crippen molar-refractivity contribution >= 4 is 11.9 Å². The molecule has 0 fully saturated rings. The minimum absolute atomic E-state index is 0.0778. The molecule has 8 heteroatoms. The second-order valence-corrected chi connectivity index (χ2v) is 8.73. The number of carboxylic acids is 1. The van der Waals surface area contributed by atoms with Crippen molar-refractivity contribution in [2.24, 2.45) is 0 Å². The van der Waals surface area contributed by atoms with Crippen LogP contribution in [0.25, 0.3) is 11.5 Å². The molecule has 0 saturated heterocycles. The molecule has 1 aromatic heterocycles. The number of methoxy groups -OCH3 is 1. The van der Waals surface area contributed by atoms with Gasteiger partial charge in [-0.05, 0) is 60.9 Å². The Bertz CT molecular complexity index is 1400. The van der Waals surface area contributed by atoms with Crippen molar-refractivity contribution in [3.05, 3.63) is 101 Å². The fourth-order valence-electron chi connectivity index (χ4n) is 4.01. The number of amides is 1. The van der Waals surface area contributed by atoms with Crippen molar-refractivity contribution in [3.63, 3.8) is 0 Å². The van der Waals surface area contributed by atoms with Crippen molar-refractivity contribution < 1.29 is 28.6 Å². The lowest BCUT2D eigenvalue weighted by atomic mass is 10.0. The molecule has 1 amide bonds. The van der Waals surface area contributed by atoms with Gasteiger partial charge in [-0.1, -0.05) is 36.4 Å². The quantitative estimate of drug-likeness (QED) is 0.266. The van der Waals surface area contributed by atoms with E-state index in [9.17, 15) is 9.59 Å². The van der Waals surface area contributed by atoms with E-state index in [-0.39, 0.29) is 18.7 Å². The van der Waals surface area contributed by atoms with Gasteiger partial charge in [0.15, 0.2) is 0 Å². The van der Waals surface area contributed by atoms with Crippen LogP contribution in [0.4, 0.5) is 0 Å². The molecule has 2 N–H and O–H groups in total. The molecule has 0 aliphatic heterocycles. The lowest BCUT2D eigenvalue weighted by molar-refractivity contribution is -0.136. The van der Waals surface area contributed by atoms with Crippen LogP contribution in [-0.2, 0) is 24.2 Å². The maximum absolute atomic E-state index is 13.1. The summed E-state index contributed by atoms with van der Waals surface area (Å²) in [5, 5.41) is 12.0. The van der Waals surface area contributed by atoms with Gasteiger partial charge in [-0.2, -0.15) is 0 Å². The van der Waals surface area contributed by atoms with E-state index in [1.807, 2.05) is 61.5 Å². The third-order valence-corrected chi connectivity index (χ3v) is 6.04. The lowest BCUT2D eigenvalue weighted by Crippen LogP contribution is -2.24. The fourth-order valence-corrected chi connectivity index (χ4v) is 4.01. The molecule has 1 heterocycles. The van der Waals surface area contributed by atoms with Gasteiger partial charge in [-0.3, -0.25) is 9.59 Å². The minimum atomic E-state index is -0.925. The number of benzene rings is 3. The fraction of sp³-hybridized carbons (Fsp3) is 0.233. The van der Waals surface area contributed by atoms with Crippen LogP contribution in [0.2, 0.25) is 0 Å². The van der Waals surface area contributed by atoms with Crippen LogP contribution < -0.4 is 14.8 Å². The Labute approximate surface area is 221 Å². The zero-order chi connectivity index (χ0) is 26.9. The Kier molecular flexibility index (Phi) is 8.77. The molecule has 0 atom stereocenters. The predicted octanol–water partition coefficient (Wildman–Crippen LogP) is 5.23. The van der Waals surface area contributed by atoms with E-state index < -0.39 is 5.97 Å². The first-order chi connectivity index (χ1) is 18.4. The maximum atomic E-state index is 13.1. The molecule has 4 aromatic rings. The first-order valence-electron chi connectivity index (χ1n) is 12.3. The predicted molar refractivity (Wildman–Crippen MR) is 142 cm³/mol. The number of hydrogen-bond donors (Lipinski definition) is 2. The van der Waals surface area contributed by atoms with Gasteiger partial charge >= 0.3 is 5.97 Å². The number of aryl methyl sites for hydroxylation is 2. The Hall–Kier alpha value is -4.59. The monoisotopic (exact) mass is 514 g/mol. The summed E-state index contributed by atoms with van der Waals surface area (Å²) in [6.07, 6.45) is 0.684. The number of carbonyl (C=O) groups excluding carboxylic acids is 1. The van der Waals surface area contributed by atoms with Crippen LogP contribution in [0.15, 0.2) is 77.2 Å². The van der Waals surface area contributed by atoms with Crippen LogP contribution in [-0.4, -0.2) is 35.7 Å². The normalized spacial score (nSPS) is 10.7. The van der Waals surface area contributed by atoms with Gasteiger partial charge in [0.2, 0.25) is 5.89 Å². The lowest BCUT2D eigenvalue weighted by Gasteiger charge is -2.13. The molecule has 196 valence electrons. The molecule has 8 nitrogen and oxygen atoms in total. The van der Waals surface area contributed by atoms with E-state index in [2.05, 4.69) is 10.3 Å². The number of oxazole rings is 1. The van der Waals surface area contributed by atoms with Crippen molar-refractivity contribution in [3.8, 4) is 23.0 Å². The highest BCUT2D eigenvalue weighted by atomic mass is 16.5. The SMILES string of the molecule is COc1cccc(CNC(=O)c2cc(OCCc3nc(-c4ccccc4)oc3C)ccc2CCC(=O)O)c1. The second kappa shape index (κ2) is 12.6. The summed E-state index contributed by atoms with van der Waals surface area (Å²) in [5.41, 5.74) is 3.62. The third kappa shape index (κ3) is 7.00. The second-order valence-electron chi connectivity index (χ2n) is 8.73. The van der Waals surface area contributed by atoms with Gasteiger partial charge in [0.05, 0.1) is 19.4 Å². The van der Waals surface area contributed by atoms with Gasteiger partial charge in [-0.15, -0.1) is 0 Å². The van der Waals surface area contributed by atoms with Crippen molar-refractivity contribution in [2.75, 3.05) is 13.7 Å². The molecule has 3 aromatic carbocycles. The van der Waals surface area contributed by atoms with Crippen LogP contribution in [0.5, 0.6) is 11.5 Å². The zero-order valence-electron chi connectivity index (χ0n) is 21.4. The Morgan fingerprint density at radius 1 is 0.974 bits per heavy atom. The average molecular weight is 515 g/mol. The number of rotatable bonds is 12. The summed E-state index contributed by atoms with van der Waals surface area (Å²) in [4.78, 5) is 28.8. The molecule has 0 radical (unpaired) electrons. The van der Waals surface area contributed by atoms with Gasteiger partial charge < -0.3 is 24.3 Å². The number of hydrogen-bond acceptors (Lipinski definition) is 6. The van der Waals surface area contributed by atoms with Crippen molar-refractivity contribution in [2.45, 2.75) is 32.7 Å². The molecule has 0 bridgehead atoms. The molecule has 0 spiro atoms. The average Bonchev–Trinajstić information content (AvgIpc) is 3.31. The summed E-state index contributed by atoms with van der Waals surface area (Å²) in [5.74, 6) is 1.28. The first-order valence-corrected chi connectivity index (χ1v) is 12.3. The highest BCUT2D eigenvalue weighted by Gasteiger charge is 2.15. The number of nitrogens with zero attached hydrogens (tertiary/aromatic N) is 1. The molecular weight excluding hydrogens is 484 g/mol. The summed E-state index contributed by atoms with van der Waals surface area (Å²) < 4.78 is 17.0. The van der Waals surface area contributed by atoms with Gasteiger partial charge in [0.25, 0.3) is 5.91 Å². The van der Waals surface area contributed by atoms with Crippen molar-refractivity contribution in [1.29, 1.82) is 0 Å². The molecule has 4 rings (SSSR count).